The number of halogens is 7. The van der Waals surface area contributed by atoms with Gasteiger partial charge >= 0.3 is 24.0 Å². The second-order valence-corrected chi connectivity index (χ2v) is 9.31. The Bertz CT molecular complexity index is 613. The SMILES string of the molecule is CCCCCCCCCCCCCCCCCCOC(=O)C(C)NC(=O)C(F)(F)C(F)(F)C(F)(F)F. The van der Waals surface area contributed by atoms with E-state index in [-0.39, 0.29) is 6.61 Å². The van der Waals surface area contributed by atoms with E-state index in [1.807, 2.05) is 0 Å². The van der Waals surface area contributed by atoms with Gasteiger partial charge < -0.3 is 10.1 Å². The first-order valence-electron chi connectivity index (χ1n) is 13.1. The first-order chi connectivity index (χ1) is 16.8. The molecule has 4 nitrogen and oxygen atoms in total. The van der Waals surface area contributed by atoms with Crippen LogP contribution in [0.1, 0.15) is 117 Å². The second-order valence-electron chi connectivity index (χ2n) is 9.31. The summed E-state index contributed by atoms with van der Waals surface area (Å²) in [7, 11) is 0. The van der Waals surface area contributed by atoms with Gasteiger partial charge in [-0.3, -0.25) is 4.79 Å². The van der Waals surface area contributed by atoms with Gasteiger partial charge in [0.25, 0.3) is 5.91 Å². The topological polar surface area (TPSA) is 55.4 Å². The van der Waals surface area contributed by atoms with E-state index in [0.29, 0.717) is 6.42 Å². The molecule has 0 saturated carbocycles. The number of carbonyl (C=O) groups is 2. The fourth-order valence-electron chi connectivity index (χ4n) is 3.61. The summed E-state index contributed by atoms with van der Waals surface area (Å²) in [6, 6.07) is -1.81. The lowest BCUT2D eigenvalue weighted by Gasteiger charge is -2.27. The van der Waals surface area contributed by atoms with E-state index in [9.17, 15) is 40.3 Å². The average Bonchev–Trinajstić information content (AvgIpc) is 2.79. The predicted octanol–water partition coefficient (Wildman–Crippen LogP) is 8.13. The van der Waals surface area contributed by atoms with Crippen LogP contribution in [0, 0.1) is 0 Å². The van der Waals surface area contributed by atoms with Crippen molar-refractivity contribution in [1.82, 2.24) is 5.32 Å². The highest BCUT2D eigenvalue weighted by molar-refractivity contribution is 5.89. The van der Waals surface area contributed by atoms with Crippen LogP contribution in [0.3, 0.4) is 0 Å². The number of amides is 1. The molecule has 1 unspecified atom stereocenters. The molecule has 0 rings (SSSR count). The average molecular weight is 538 g/mol. The van der Waals surface area contributed by atoms with Crippen LogP contribution in [-0.2, 0) is 14.3 Å². The molecule has 1 atom stereocenters. The monoisotopic (exact) mass is 537 g/mol. The van der Waals surface area contributed by atoms with Crippen molar-refractivity contribution in [3.8, 4) is 0 Å². The van der Waals surface area contributed by atoms with Crippen LogP contribution in [0.15, 0.2) is 0 Å². The van der Waals surface area contributed by atoms with E-state index in [2.05, 4.69) is 6.92 Å². The third-order valence-corrected chi connectivity index (χ3v) is 5.98. The van der Waals surface area contributed by atoms with Crippen LogP contribution in [-0.4, -0.2) is 42.5 Å². The summed E-state index contributed by atoms with van der Waals surface area (Å²) in [5.74, 6) is -16.8. The predicted molar refractivity (Wildman–Crippen MR) is 124 cm³/mol. The van der Waals surface area contributed by atoms with Crippen molar-refractivity contribution in [3.63, 3.8) is 0 Å². The van der Waals surface area contributed by atoms with Gasteiger partial charge in [-0.15, -0.1) is 0 Å². The number of carbonyl (C=O) groups excluding carboxylic acids is 2. The lowest BCUT2D eigenvalue weighted by atomic mass is 10.0. The van der Waals surface area contributed by atoms with E-state index >= 15 is 0 Å². The van der Waals surface area contributed by atoms with Crippen LogP contribution in [0.5, 0.6) is 0 Å². The Morgan fingerprint density at radius 1 is 0.667 bits per heavy atom. The maximum Gasteiger partial charge on any atom is 0.460 e. The Morgan fingerprint density at radius 3 is 1.39 bits per heavy atom. The highest BCUT2D eigenvalue weighted by Crippen LogP contribution is 2.46. The molecule has 0 aromatic rings. The third kappa shape index (κ3) is 13.1. The van der Waals surface area contributed by atoms with Crippen LogP contribution < -0.4 is 5.32 Å². The van der Waals surface area contributed by atoms with Crippen molar-refractivity contribution in [2.45, 2.75) is 141 Å². The highest BCUT2D eigenvalue weighted by Gasteiger charge is 2.76. The summed E-state index contributed by atoms with van der Waals surface area (Å²) >= 11 is 0. The molecule has 0 bridgehead atoms. The fraction of sp³-hybridized carbons (Fsp3) is 0.920. The number of esters is 1. The van der Waals surface area contributed by atoms with Gasteiger partial charge in [-0.05, 0) is 13.3 Å². The molecule has 1 amide bonds. The zero-order chi connectivity index (χ0) is 27.7. The number of alkyl halides is 7. The van der Waals surface area contributed by atoms with E-state index in [0.717, 1.165) is 37.9 Å². The zero-order valence-electron chi connectivity index (χ0n) is 21.5. The Balaban J connectivity index is 3.81. The molecule has 214 valence electrons. The lowest BCUT2D eigenvalue weighted by molar-refractivity contribution is -0.344. The van der Waals surface area contributed by atoms with Gasteiger partial charge in [0.05, 0.1) is 6.61 Å². The molecular formula is C25H42F7NO3. The minimum absolute atomic E-state index is 0.0768. The lowest BCUT2D eigenvalue weighted by Crippen LogP contribution is -2.61. The minimum atomic E-state index is -6.63. The van der Waals surface area contributed by atoms with E-state index in [1.54, 1.807) is 0 Å². The van der Waals surface area contributed by atoms with Gasteiger partial charge in [0.1, 0.15) is 6.04 Å². The smallest absolute Gasteiger partial charge is 0.460 e. The van der Waals surface area contributed by atoms with Crippen molar-refractivity contribution < 1.29 is 45.1 Å². The summed E-state index contributed by atoms with van der Waals surface area (Å²) in [5.41, 5.74) is 0. The molecule has 0 aliphatic carbocycles. The maximum absolute atomic E-state index is 13.3. The largest absolute Gasteiger partial charge is 0.464 e. The molecule has 0 aromatic carbocycles. The summed E-state index contributed by atoms with van der Waals surface area (Å²) in [4.78, 5) is 23.0. The molecule has 0 heterocycles. The van der Waals surface area contributed by atoms with E-state index in [1.165, 1.54) is 70.6 Å². The molecular weight excluding hydrogens is 495 g/mol. The van der Waals surface area contributed by atoms with Crippen molar-refractivity contribution in [2.24, 2.45) is 0 Å². The van der Waals surface area contributed by atoms with Crippen LogP contribution in [0.25, 0.3) is 0 Å². The quantitative estimate of drug-likeness (QED) is 0.0914. The van der Waals surface area contributed by atoms with Gasteiger partial charge in [0.15, 0.2) is 0 Å². The second kappa shape index (κ2) is 17.8. The molecule has 0 spiro atoms. The Labute approximate surface area is 210 Å². The van der Waals surface area contributed by atoms with Crippen molar-refractivity contribution >= 4 is 11.9 Å². The summed E-state index contributed by atoms with van der Waals surface area (Å²) in [5, 5.41) is 1.16. The number of nitrogens with one attached hydrogen (secondary N) is 1. The highest BCUT2D eigenvalue weighted by atomic mass is 19.4. The first kappa shape index (κ1) is 34.5. The summed E-state index contributed by atoms with van der Waals surface area (Å²) in [6.07, 6.45) is 11.8. The van der Waals surface area contributed by atoms with Gasteiger partial charge in [0.2, 0.25) is 0 Å². The number of hydrogen-bond acceptors (Lipinski definition) is 3. The molecule has 0 aliphatic heterocycles. The normalized spacial score (nSPS) is 13.5. The van der Waals surface area contributed by atoms with Crippen molar-refractivity contribution in [3.05, 3.63) is 0 Å². The molecule has 11 heteroatoms. The van der Waals surface area contributed by atoms with Crippen LogP contribution in [0.4, 0.5) is 30.7 Å². The number of rotatable bonds is 21. The third-order valence-electron chi connectivity index (χ3n) is 5.98. The molecule has 0 saturated heterocycles. The molecule has 1 N–H and O–H groups in total. The molecule has 0 aromatic heterocycles. The Hall–Kier alpha value is -1.55. The van der Waals surface area contributed by atoms with E-state index < -0.39 is 35.9 Å². The summed E-state index contributed by atoms with van der Waals surface area (Å²) < 4.78 is 93.6. The zero-order valence-corrected chi connectivity index (χ0v) is 21.5. The Morgan fingerprint density at radius 2 is 1.03 bits per heavy atom. The van der Waals surface area contributed by atoms with Gasteiger partial charge in [0, 0.05) is 0 Å². The van der Waals surface area contributed by atoms with E-state index in [4.69, 9.17) is 4.74 Å². The number of ether oxygens (including phenoxy) is 1. The molecule has 36 heavy (non-hydrogen) atoms. The molecule has 0 aliphatic rings. The van der Waals surface area contributed by atoms with Crippen LogP contribution >= 0.6 is 0 Å². The van der Waals surface area contributed by atoms with Gasteiger partial charge in [-0.2, -0.15) is 30.7 Å². The fourth-order valence-corrected chi connectivity index (χ4v) is 3.61. The van der Waals surface area contributed by atoms with Gasteiger partial charge in [-0.25, -0.2) is 4.79 Å². The van der Waals surface area contributed by atoms with Crippen LogP contribution in [0.2, 0.25) is 0 Å². The Kier molecular flexibility index (Phi) is 17.1. The minimum Gasteiger partial charge on any atom is -0.464 e. The maximum atomic E-state index is 13.3. The van der Waals surface area contributed by atoms with Gasteiger partial charge in [-0.1, -0.05) is 103 Å². The summed E-state index contributed by atoms with van der Waals surface area (Å²) in [6.45, 7) is 3.00. The first-order valence-corrected chi connectivity index (χ1v) is 13.1. The number of hydrogen-bond donors (Lipinski definition) is 1. The molecule has 0 fully saturated rings. The van der Waals surface area contributed by atoms with Crippen molar-refractivity contribution in [2.75, 3.05) is 6.61 Å². The number of unbranched alkanes of at least 4 members (excludes halogenated alkanes) is 15. The standard InChI is InChI=1S/C25H42F7NO3/c1-3-4-5-6-7-8-9-10-11-12-13-14-15-16-17-18-19-36-21(34)20(2)33-22(35)23(26,27)24(28,29)25(30,31)32/h20H,3-19H2,1-2H3,(H,33,35). The van der Waals surface area contributed by atoms with Crippen molar-refractivity contribution in [1.29, 1.82) is 0 Å². The molecule has 0 radical (unpaired) electrons.